The fourth-order valence-corrected chi connectivity index (χ4v) is 3.71. The molecular weight excluding hydrogens is 377 g/mol. The lowest BCUT2D eigenvalue weighted by atomic mass is 10.1. The number of rotatable bonds is 7. The van der Waals surface area contributed by atoms with Crippen LogP contribution in [0.1, 0.15) is 18.1 Å². The molecule has 1 atom stereocenters. The van der Waals surface area contributed by atoms with Crippen LogP contribution in [-0.2, 0) is 17.8 Å². The summed E-state index contributed by atoms with van der Waals surface area (Å²) < 4.78 is 12.9. The Morgan fingerprint density at radius 3 is 2.50 bits per heavy atom. The average Bonchev–Trinajstić information content (AvgIpc) is 2.69. The zero-order valence-electron chi connectivity index (χ0n) is 16.2. The monoisotopic (exact) mass is 403 g/mol. The molecule has 6 heteroatoms. The largest absolute Gasteiger partial charge is 0.354 e. The highest BCUT2D eigenvalue weighted by Crippen LogP contribution is 2.15. The summed E-state index contributed by atoms with van der Waals surface area (Å²) in [5.41, 5.74) is 2.23. The first-order chi connectivity index (χ1) is 13.5. The number of nitrogens with zero attached hydrogens (tertiary/aromatic N) is 2. The van der Waals surface area contributed by atoms with Crippen LogP contribution in [0, 0.1) is 5.82 Å². The van der Waals surface area contributed by atoms with Gasteiger partial charge in [-0.1, -0.05) is 35.9 Å². The Morgan fingerprint density at radius 2 is 1.82 bits per heavy atom. The molecule has 1 aliphatic heterocycles. The summed E-state index contributed by atoms with van der Waals surface area (Å²) >= 11 is 6.06. The van der Waals surface area contributed by atoms with E-state index in [0.29, 0.717) is 13.0 Å². The van der Waals surface area contributed by atoms with Crippen LogP contribution in [-0.4, -0.2) is 54.5 Å². The lowest BCUT2D eigenvalue weighted by Gasteiger charge is -2.37. The van der Waals surface area contributed by atoms with Crippen molar-refractivity contribution in [2.45, 2.75) is 25.9 Å². The van der Waals surface area contributed by atoms with E-state index in [1.54, 1.807) is 12.1 Å². The summed E-state index contributed by atoms with van der Waals surface area (Å²) in [4.78, 5) is 17.1. The zero-order valence-corrected chi connectivity index (χ0v) is 17.0. The van der Waals surface area contributed by atoms with Crippen LogP contribution in [0.3, 0.4) is 0 Å². The molecule has 3 rings (SSSR count). The first-order valence-electron chi connectivity index (χ1n) is 9.74. The van der Waals surface area contributed by atoms with Crippen LogP contribution in [0.15, 0.2) is 48.5 Å². The SMILES string of the molecule is C[C@H](C(=O)NCCc1ccc(F)cc1)N1CCN(Cc2cccc(Cl)c2)CC1. The second-order valence-corrected chi connectivity index (χ2v) is 7.72. The normalized spacial score (nSPS) is 16.7. The van der Waals surface area contributed by atoms with Gasteiger partial charge in [0.2, 0.25) is 5.91 Å². The second-order valence-electron chi connectivity index (χ2n) is 7.29. The number of halogens is 2. The number of carbonyl (C=O) groups excluding carboxylic acids is 1. The van der Waals surface area contributed by atoms with Crippen molar-refractivity contribution in [1.29, 1.82) is 0 Å². The predicted molar refractivity (Wildman–Crippen MR) is 111 cm³/mol. The maximum absolute atomic E-state index is 12.9. The molecule has 0 aliphatic carbocycles. The minimum Gasteiger partial charge on any atom is -0.354 e. The van der Waals surface area contributed by atoms with E-state index in [1.165, 1.54) is 17.7 Å². The Bertz CT molecular complexity index is 776. The number of amides is 1. The molecule has 0 radical (unpaired) electrons. The van der Waals surface area contributed by atoms with Gasteiger partial charge < -0.3 is 5.32 Å². The van der Waals surface area contributed by atoms with Crippen LogP contribution in [0.25, 0.3) is 0 Å². The van der Waals surface area contributed by atoms with E-state index in [4.69, 9.17) is 11.6 Å². The number of piperazine rings is 1. The smallest absolute Gasteiger partial charge is 0.237 e. The van der Waals surface area contributed by atoms with Gasteiger partial charge in [0, 0.05) is 44.3 Å². The lowest BCUT2D eigenvalue weighted by molar-refractivity contribution is -0.126. The molecule has 1 amide bonds. The summed E-state index contributed by atoms with van der Waals surface area (Å²) in [7, 11) is 0. The van der Waals surface area contributed by atoms with Gasteiger partial charge in [-0.15, -0.1) is 0 Å². The molecule has 0 saturated carbocycles. The van der Waals surface area contributed by atoms with Gasteiger partial charge in [0.15, 0.2) is 0 Å². The fourth-order valence-electron chi connectivity index (χ4n) is 3.50. The van der Waals surface area contributed by atoms with Gasteiger partial charge in [0.1, 0.15) is 5.82 Å². The fraction of sp³-hybridized carbons (Fsp3) is 0.409. The van der Waals surface area contributed by atoms with Crippen molar-refractivity contribution in [3.8, 4) is 0 Å². The maximum Gasteiger partial charge on any atom is 0.237 e. The van der Waals surface area contributed by atoms with Gasteiger partial charge in [-0.25, -0.2) is 4.39 Å². The number of carbonyl (C=O) groups is 1. The number of benzene rings is 2. The molecule has 0 unspecified atom stereocenters. The molecular formula is C22H27ClFN3O. The van der Waals surface area contributed by atoms with E-state index >= 15 is 0 Å². The minimum atomic E-state index is -0.240. The van der Waals surface area contributed by atoms with Gasteiger partial charge in [0.25, 0.3) is 0 Å². The summed E-state index contributed by atoms with van der Waals surface area (Å²) in [6, 6.07) is 14.2. The van der Waals surface area contributed by atoms with E-state index in [9.17, 15) is 9.18 Å². The molecule has 2 aromatic rings. The van der Waals surface area contributed by atoms with E-state index in [-0.39, 0.29) is 17.8 Å². The average molecular weight is 404 g/mol. The van der Waals surface area contributed by atoms with E-state index in [0.717, 1.165) is 43.3 Å². The molecule has 0 aromatic heterocycles. The molecule has 1 heterocycles. The highest BCUT2D eigenvalue weighted by molar-refractivity contribution is 6.30. The van der Waals surface area contributed by atoms with Crippen molar-refractivity contribution in [3.05, 3.63) is 70.5 Å². The van der Waals surface area contributed by atoms with Crippen LogP contribution in [0.5, 0.6) is 0 Å². The summed E-state index contributed by atoms with van der Waals surface area (Å²) in [6.07, 6.45) is 0.701. The van der Waals surface area contributed by atoms with Crippen LogP contribution >= 0.6 is 11.6 Å². The third kappa shape index (κ3) is 6.03. The van der Waals surface area contributed by atoms with Gasteiger partial charge in [-0.2, -0.15) is 0 Å². The highest BCUT2D eigenvalue weighted by Gasteiger charge is 2.25. The first-order valence-corrected chi connectivity index (χ1v) is 10.1. The Hall–Kier alpha value is -1.95. The summed E-state index contributed by atoms with van der Waals surface area (Å²) in [5.74, 6) is -0.193. The van der Waals surface area contributed by atoms with Crippen LogP contribution in [0.4, 0.5) is 4.39 Å². The highest BCUT2D eigenvalue weighted by atomic mass is 35.5. The molecule has 0 spiro atoms. The lowest BCUT2D eigenvalue weighted by Crippen LogP contribution is -2.53. The number of nitrogens with one attached hydrogen (secondary N) is 1. The Balaban J connectivity index is 1.39. The third-order valence-corrected chi connectivity index (χ3v) is 5.49. The van der Waals surface area contributed by atoms with Crippen molar-refractivity contribution < 1.29 is 9.18 Å². The van der Waals surface area contributed by atoms with E-state index in [1.807, 2.05) is 25.1 Å². The van der Waals surface area contributed by atoms with Gasteiger partial charge in [0.05, 0.1) is 6.04 Å². The van der Waals surface area contributed by atoms with Crippen molar-refractivity contribution in [1.82, 2.24) is 15.1 Å². The molecule has 1 aliphatic rings. The summed E-state index contributed by atoms with van der Waals surface area (Å²) in [5, 5.41) is 3.76. The molecule has 1 saturated heterocycles. The Morgan fingerprint density at radius 1 is 1.11 bits per heavy atom. The van der Waals surface area contributed by atoms with Gasteiger partial charge in [-0.3, -0.25) is 14.6 Å². The quantitative estimate of drug-likeness (QED) is 0.770. The van der Waals surface area contributed by atoms with Crippen molar-refractivity contribution in [2.75, 3.05) is 32.7 Å². The zero-order chi connectivity index (χ0) is 19.9. The van der Waals surface area contributed by atoms with Crippen LogP contribution in [0.2, 0.25) is 5.02 Å². The predicted octanol–water partition coefficient (Wildman–Crippen LogP) is 3.34. The second kappa shape index (κ2) is 10.0. The minimum absolute atomic E-state index is 0.0467. The molecule has 28 heavy (non-hydrogen) atoms. The maximum atomic E-state index is 12.9. The number of hydrogen-bond donors (Lipinski definition) is 1. The molecule has 1 N–H and O–H groups in total. The molecule has 150 valence electrons. The molecule has 1 fully saturated rings. The Kier molecular flexibility index (Phi) is 7.43. The number of hydrogen-bond acceptors (Lipinski definition) is 3. The molecule has 4 nitrogen and oxygen atoms in total. The van der Waals surface area contributed by atoms with Crippen molar-refractivity contribution in [3.63, 3.8) is 0 Å². The first kappa shape index (κ1) is 20.8. The third-order valence-electron chi connectivity index (χ3n) is 5.26. The van der Waals surface area contributed by atoms with Crippen LogP contribution < -0.4 is 5.32 Å². The summed E-state index contributed by atoms with van der Waals surface area (Å²) in [6.45, 7) is 7.00. The van der Waals surface area contributed by atoms with E-state index in [2.05, 4.69) is 21.2 Å². The van der Waals surface area contributed by atoms with Gasteiger partial charge >= 0.3 is 0 Å². The standard InChI is InChI=1S/C22H27ClFN3O/c1-17(22(28)25-10-9-18-5-7-21(24)8-6-18)27-13-11-26(12-14-27)16-19-3-2-4-20(23)15-19/h2-8,15,17H,9-14,16H2,1H3,(H,25,28)/t17-/m1/s1. The topological polar surface area (TPSA) is 35.6 Å². The van der Waals surface area contributed by atoms with Gasteiger partial charge in [-0.05, 0) is 48.7 Å². The van der Waals surface area contributed by atoms with Crippen molar-refractivity contribution in [2.24, 2.45) is 0 Å². The molecule has 2 aromatic carbocycles. The molecule has 0 bridgehead atoms. The Labute approximate surface area is 171 Å². The van der Waals surface area contributed by atoms with E-state index < -0.39 is 0 Å². The van der Waals surface area contributed by atoms with Crippen molar-refractivity contribution >= 4 is 17.5 Å².